The Morgan fingerprint density at radius 2 is 2.57 bits per heavy atom. The monoisotopic (exact) mass is 113 g/mol. The first-order valence-electron chi connectivity index (χ1n) is 1.95. The van der Waals surface area contributed by atoms with Crippen LogP contribution in [-0.4, -0.2) is 11.5 Å². The molecule has 0 saturated heterocycles. The van der Waals surface area contributed by atoms with Crippen molar-refractivity contribution < 1.29 is 0 Å². The molecule has 0 atom stereocenters. The number of terminal acetylenes is 1. The van der Waals surface area contributed by atoms with Crippen LogP contribution in [0.3, 0.4) is 0 Å². The summed E-state index contributed by atoms with van der Waals surface area (Å²) in [5.41, 5.74) is 0. The summed E-state index contributed by atoms with van der Waals surface area (Å²) in [5.74, 6) is 2.40. The lowest BCUT2D eigenvalue weighted by Crippen LogP contribution is -2.17. The predicted octanol–water partition coefficient (Wildman–Crippen LogP) is 0.557. The number of nitrogens with one attached hydrogen (secondary N) is 1. The van der Waals surface area contributed by atoms with E-state index >= 15 is 0 Å². The van der Waals surface area contributed by atoms with E-state index < -0.39 is 0 Å². The Kier molecular flexibility index (Phi) is 3.35. The molecule has 7 heavy (non-hydrogen) atoms. The topological polar surface area (TPSA) is 12.0 Å². The number of rotatable bonds is 1. The van der Waals surface area contributed by atoms with E-state index in [9.17, 15) is 0 Å². The summed E-state index contributed by atoms with van der Waals surface area (Å²) in [6, 6.07) is 0. The lowest BCUT2D eigenvalue weighted by Gasteiger charge is -1.92. The molecule has 0 aromatic heterocycles. The number of hydrogen-bond donors (Lipinski definition) is 1. The van der Waals surface area contributed by atoms with Gasteiger partial charge in [-0.1, -0.05) is 18.1 Å². The van der Waals surface area contributed by atoms with Crippen LogP contribution >= 0.6 is 12.2 Å². The number of thiocarbonyl (C=S) groups is 1. The standard InChI is InChI=1S/C5H7NS/c1-3-4-6-5(2)7/h1H,4H2,2H3,(H,6,7). The average Bonchev–Trinajstić information content (AvgIpc) is 1.61. The molecule has 0 unspecified atom stereocenters. The molecule has 0 aliphatic rings. The van der Waals surface area contributed by atoms with Gasteiger partial charge in [0.1, 0.15) is 0 Å². The Hall–Kier alpha value is -0.550. The molecule has 0 aromatic rings. The van der Waals surface area contributed by atoms with Gasteiger partial charge in [-0.25, -0.2) is 0 Å². The second-order valence-corrected chi connectivity index (χ2v) is 1.73. The molecule has 0 rings (SSSR count). The molecule has 0 radical (unpaired) electrons. The highest BCUT2D eigenvalue weighted by Gasteiger charge is 1.76. The van der Waals surface area contributed by atoms with Gasteiger partial charge in [-0.15, -0.1) is 6.42 Å². The molecule has 0 saturated carbocycles. The Balaban J connectivity index is 3.02. The second kappa shape index (κ2) is 3.63. The minimum atomic E-state index is 0.537. The van der Waals surface area contributed by atoms with Crippen molar-refractivity contribution in [2.24, 2.45) is 0 Å². The second-order valence-electron chi connectivity index (χ2n) is 1.11. The smallest absolute Gasteiger partial charge is 0.0767 e. The van der Waals surface area contributed by atoms with Gasteiger partial charge in [0.05, 0.1) is 11.5 Å². The molecule has 2 heteroatoms. The molecule has 38 valence electrons. The van der Waals surface area contributed by atoms with Gasteiger partial charge in [0.25, 0.3) is 0 Å². The summed E-state index contributed by atoms with van der Waals surface area (Å²) in [6.07, 6.45) is 4.90. The lowest BCUT2D eigenvalue weighted by molar-refractivity contribution is 1.08. The molecule has 0 aliphatic carbocycles. The minimum absolute atomic E-state index is 0.537. The van der Waals surface area contributed by atoms with Crippen LogP contribution in [0.15, 0.2) is 0 Å². The maximum absolute atomic E-state index is 4.90. The summed E-state index contributed by atoms with van der Waals surface area (Å²) < 4.78 is 0. The highest BCUT2D eigenvalue weighted by Crippen LogP contribution is 1.62. The van der Waals surface area contributed by atoms with E-state index in [4.69, 9.17) is 6.42 Å². The molecule has 0 amide bonds. The van der Waals surface area contributed by atoms with E-state index in [0.29, 0.717) is 6.54 Å². The van der Waals surface area contributed by atoms with Gasteiger partial charge in [0.2, 0.25) is 0 Å². The Labute approximate surface area is 49.1 Å². The number of hydrogen-bond acceptors (Lipinski definition) is 1. The van der Waals surface area contributed by atoms with Crippen LogP contribution in [0.2, 0.25) is 0 Å². The van der Waals surface area contributed by atoms with Crippen molar-refractivity contribution in [2.75, 3.05) is 6.54 Å². The highest BCUT2D eigenvalue weighted by molar-refractivity contribution is 7.80. The van der Waals surface area contributed by atoms with Crippen LogP contribution < -0.4 is 5.32 Å². The molecule has 0 aliphatic heterocycles. The zero-order valence-corrected chi connectivity index (χ0v) is 5.01. The zero-order chi connectivity index (χ0) is 5.70. The summed E-state index contributed by atoms with van der Waals surface area (Å²) in [4.78, 5) is 0.748. The van der Waals surface area contributed by atoms with E-state index in [1.165, 1.54) is 0 Å². The molecule has 0 heterocycles. The first kappa shape index (κ1) is 6.45. The van der Waals surface area contributed by atoms with Crippen molar-refractivity contribution in [2.45, 2.75) is 6.92 Å². The molecular formula is C5H7NS. The van der Waals surface area contributed by atoms with Crippen molar-refractivity contribution in [1.29, 1.82) is 0 Å². The average molecular weight is 113 g/mol. The molecule has 1 N–H and O–H groups in total. The van der Waals surface area contributed by atoms with Crippen molar-refractivity contribution in [3.63, 3.8) is 0 Å². The van der Waals surface area contributed by atoms with Crippen molar-refractivity contribution in [3.05, 3.63) is 0 Å². The third-order valence-electron chi connectivity index (χ3n) is 0.439. The lowest BCUT2D eigenvalue weighted by atomic mass is 10.6. The predicted molar refractivity (Wildman–Crippen MR) is 35.1 cm³/mol. The van der Waals surface area contributed by atoms with Crippen LogP contribution in [0.4, 0.5) is 0 Å². The molecule has 0 aromatic carbocycles. The highest BCUT2D eigenvalue weighted by atomic mass is 32.1. The third-order valence-corrected chi connectivity index (χ3v) is 0.584. The van der Waals surface area contributed by atoms with Gasteiger partial charge in [-0.2, -0.15) is 0 Å². The van der Waals surface area contributed by atoms with Crippen LogP contribution in [0.5, 0.6) is 0 Å². The van der Waals surface area contributed by atoms with Gasteiger partial charge < -0.3 is 5.32 Å². The van der Waals surface area contributed by atoms with Crippen molar-refractivity contribution in [3.8, 4) is 12.3 Å². The van der Waals surface area contributed by atoms with Crippen molar-refractivity contribution in [1.82, 2.24) is 5.32 Å². The van der Waals surface area contributed by atoms with Crippen LogP contribution in [0.1, 0.15) is 6.92 Å². The molecular weight excluding hydrogens is 106 g/mol. The quantitative estimate of drug-likeness (QED) is 0.394. The molecule has 0 fully saturated rings. The first-order chi connectivity index (χ1) is 3.27. The van der Waals surface area contributed by atoms with Gasteiger partial charge in [0.15, 0.2) is 0 Å². The summed E-state index contributed by atoms with van der Waals surface area (Å²) in [6.45, 7) is 2.34. The fourth-order valence-corrected chi connectivity index (χ4v) is 0.248. The minimum Gasteiger partial charge on any atom is -0.369 e. The maximum atomic E-state index is 4.90. The van der Waals surface area contributed by atoms with Gasteiger partial charge in [-0.3, -0.25) is 0 Å². The third kappa shape index (κ3) is 5.45. The van der Waals surface area contributed by atoms with Crippen LogP contribution in [-0.2, 0) is 0 Å². The van der Waals surface area contributed by atoms with E-state index in [1.807, 2.05) is 0 Å². The van der Waals surface area contributed by atoms with E-state index in [-0.39, 0.29) is 0 Å². The molecule has 0 spiro atoms. The van der Waals surface area contributed by atoms with Crippen LogP contribution in [0, 0.1) is 12.3 Å². The Morgan fingerprint density at radius 3 is 2.71 bits per heavy atom. The van der Waals surface area contributed by atoms with Crippen LogP contribution in [0.25, 0.3) is 0 Å². The summed E-state index contributed by atoms with van der Waals surface area (Å²) in [5, 5.41) is 2.79. The van der Waals surface area contributed by atoms with Gasteiger partial charge >= 0.3 is 0 Å². The maximum Gasteiger partial charge on any atom is 0.0767 e. The SMILES string of the molecule is C#CCNC(C)=S. The first-order valence-corrected chi connectivity index (χ1v) is 2.36. The van der Waals surface area contributed by atoms with E-state index in [0.717, 1.165) is 4.99 Å². The molecule has 1 nitrogen and oxygen atoms in total. The largest absolute Gasteiger partial charge is 0.369 e. The fourth-order valence-electron chi connectivity index (χ4n) is 0.176. The zero-order valence-electron chi connectivity index (χ0n) is 4.19. The Bertz CT molecular complexity index is 101. The van der Waals surface area contributed by atoms with Gasteiger partial charge in [0, 0.05) is 0 Å². The van der Waals surface area contributed by atoms with Gasteiger partial charge in [-0.05, 0) is 6.92 Å². The van der Waals surface area contributed by atoms with Crippen molar-refractivity contribution >= 4 is 17.2 Å². The van der Waals surface area contributed by atoms with E-state index in [2.05, 4.69) is 23.5 Å². The fraction of sp³-hybridized carbons (Fsp3) is 0.400. The van der Waals surface area contributed by atoms with E-state index in [1.54, 1.807) is 6.92 Å². The molecule has 0 bridgehead atoms. The summed E-state index contributed by atoms with van der Waals surface area (Å²) in [7, 11) is 0. The summed E-state index contributed by atoms with van der Waals surface area (Å²) >= 11 is 4.65. The Morgan fingerprint density at radius 1 is 2.00 bits per heavy atom. The normalized spacial score (nSPS) is 6.86.